The summed E-state index contributed by atoms with van der Waals surface area (Å²) in [6.07, 6.45) is 0. The zero-order chi connectivity index (χ0) is 18.6. The van der Waals surface area contributed by atoms with E-state index < -0.39 is 11.6 Å². The number of nitrogens with one attached hydrogen (secondary N) is 1. The van der Waals surface area contributed by atoms with Gasteiger partial charge in [-0.15, -0.1) is 0 Å². The Labute approximate surface area is 155 Å². The number of hydrogen-bond donors (Lipinski definition) is 2. The van der Waals surface area contributed by atoms with Crippen molar-refractivity contribution in [1.29, 1.82) is 0 Å². The standard InChI is InChI=1S/C18H18Cl2F2N2O/c1-10(15-6-4-13(21)8-17(15)22)23-9-18(25)24-11(2)14-5-3-12(19)7-16(14)20/h3-8,10-11,23H,9H2,1-2H3,(H,24,25)/p+1/t10-,11-/m0/s1. The lowest BCUT2D eigenvalue weighted by molar-refractivity contribution is -0.682. The van der Waals surface area contributed by atoms with Crippen molar-refractivity contribution in [2.24, 2.45) is 0 Å². The van der Waals surface area contributed by atoms with Crippen LogP contribution in [-0.2, 0) is 4.79 Å². The number of quaternary nitrogens is 1. The molecule has 0 aliphatic rings. The molecule has 0 spiro atoms. The third kappa shape index (κ3) is 5.39. The molecule has 2 aromatic rings. The number of carbonyl (C=O) groups is 1. The summed E-state index contributed by atoms with van der Waals surface area (Å²) in [5.74, 6) is -1.46. The van der Waals surface area contributed by atoms with Crippen molar-refractivity contribution in [3.63, 3.8) is 0 Å². The fourth-order valence-corrected chi connectivity index (χ4v) is 3.08. The number of benzene rings is 2. The molecule has 0 fully saturated rings. The number of amides is 1. The van der Waals surface area contributed by atoms with Gasteiger partial charge < -0.3 is 10.6 Å². The van der Waals surface area contributed by atoms with Gasteiger partial charge in [-0.1, -0.05) is 29.3 Å². The first-order valence-corrected chi connectivity index (χ1v) is 8.56. The zero-order valence-electron chi connectivity index (χ0n) is 13.8. The Kier molecular flexibility index (Phi) is 6.76. The average molecular weight is 388 g/mol. The molecule has 0 aliphatic carbocycles. The maximum absolute atomic E-state index is 13.7. The highest BCUT2D eigenvalue weighted by Gasteiger charge is 2.18. The summed E-state index contributed by atoms with van der Waals surface area (Å²) < 4.78 is 26.7. The molecule has 0 aliphatic heterocycles. The Hall–Kier alpha value is -1.69. The van der Waals surface area contributed by atoms with Gasteiger partial charge in [0, 0.05) is 21.7 Å². The SMILES string of the molecule is C[C@H](NC(=O)C[NH2+][C@@H](C)c1ccc(F)cc1F)c1ccc(Cl)cc1Cl. The molecular formula is C18H19Cl2F2N2O+. The van der Waals surface area contributed by atoms with Gasteiger partial charge in [-0.05, 0) is 43.7 Å². The Bertz CT molecular complexity index is 771. The van der Waals surface area contributed by atoms with Crippen molar-refractivity contribution in [3.8, 4) is 0 Å². The van der Waals surface area contributed by atoms with Gasteiger partial charge in [-0.25, -0.2) is 8.78 Å². The van der Waals surface area contributed by atoms with Crippen LogP contribution >= 0.6 is 23.2 Å². The van der Waals surface area contributed by atoms with Crippen LogP contribution < -0.4 is 10.6 Å². The quantitative estimate of drug-likeness (QED) is 0.778. The number of hydrogen-bond acceptors (Lipinski definition) is 1. The smallest absolute Gasteiger partial charge is 0.275 e. The molecule has 0 radical (unpaired) electrons. The van der Waals surface area contributed by atoms with E-state index in [0.29, 0.717) is 15.6 Å². The lowest BCUT2D eigenvalue weighted by Gasteiger charge is -2.17. The first-order valence-electron chi connectivity index (χ1n) is 7.80. The third-order valence-corrected chi connectivity index (χ3v) is 4.48. The van der Waals surface area contributed by atoms with Crippen molar-refractivity contribution in [1.82, 2.24) is 5.32 Å². The summed E-state index contributed by atoms with van der Waals surface area (Å²) in [5, 5.41) is 5.52. The molecule has 0 heterocycles. The van der Waals surface area contributed by atoms with Crippen LogP contribution in [0.15, 0.2) is 36.4 Å². The molecule has 0 unspecified atom stereocenters. The average Bonchev–Trinajstić information content (AvgIpc) is 2.52. The Balaban J connectivity index is 1.91. The monoisotopic (exact) mass is 387 g/mol. The highest BCUT2D eigenvalue weighted by molar-refractivity contribution is 6.35. The highest BCUT2D eigenvalue weighted by atomic mass is 35.5. The maximum Gasteiger partial charge on any atom is 0.275 e. The molecule has 0 saturated carbocycles. The van der Waals surface area contributed by atoms with E-state index in [4.69, 9.17) is 23.2 Å². The van der Waals surface area contributed by atoms with Crippen molar-refractivity contribution in [3.05, 3.63) is 69.2 Å². The van der Waals surface area contributed by atoms with Crippen LogP contribution in [0.1, 0.15) is 37.1 Å². The fraction of sp³-hybridized carbons (Fsp3) is 0.278. The van der Waals surface area contributed by atoms with E-state index in [2.05, 4.69) is 5.32 Å². The van der Waals surface area contributed by atoms with Crippen LogP contribution in [0.5, 0.6) is 0 Å². The second-order valence-electron chi connectivity index (χ2n) is 5.85. The predicted octanol–water partition coefficient (Wildman–Crippen LogP) is 3.77. The minimum absolute atomic E-state index is 0.105. The molecule has 0 aromatic heterocycles. The van der Waals surface area contributed by atoms with Crippen molar-refractivity contribution in [2.45, 2.75) is 25.9 Å². The lowest BCUT2D eigenvalue weighted by atomic mass is 10.1. The predicted molar refractivity (Wildman–Crippen MR) is 94.6 cm³/mol. The van der Waals surface area contributed by atoms with E-state index in [9.17, 15) is 13.6 Å². The molecule has 25 heavy (non-hydrogen) atoms. The van der Waals surface area contributed by atoms with Gasteiger partial charge in [0.2, 0.25) is 0 Å². The normalized spacial score (nSPS) is 13.4. The van der Waals surface area contributed by atoms with Crippen LogP contribution in [0.4, 0.5) is 8.78 Å². The minimum atomic E-state index is -0.625. The van der Waals surface area contributed by atoms with Gasteiger partial charge in [-0.3, -0.25) is 4.79 Å². The molecule has 2 rings (SSSR count). The van der Waals surface area contributed by atoms with Crippen LogP contribution in [-0.4, -0.2) is 12.5 Å². The van der Waals surface area contributed by atoms with E-state index in [1.54, 1.807) is 30.4 Å². The molecule has 2 aromatic carbocycles. The number of carbonyl (C=O) groups excluding carboxylic acids is 1. The van der Waals surface area contributed by atoms with Crippen LogP contribution in [0.2, 0.25) is 10.0 Å². The second-order valence-corrected chi connectivity index (χ2v) is 6.69. The third-order valence-electron chi connectivity index (χ3n) is 3.92. The van der Waals surface area contributed by atoms with Crippen molar-refractivity contribution in [2.75, 3.05) is 6.54 Å². The summed E-state index contributed by atoms with van der Waals surface area (Å²) in [5.41, 5.74) is 1.11. The second kappa shape index (κ2) is 8.61. The van der Waals surface area contributed by atoms with E-state index in [1.807, 2.05) is 6.92 Å². The molecule has 1 amide bonds. The zero-order valence-corrected chi connectivity index (χ0v) is 15.3. The molecule has 0 bridgehead atoms. The summed E-state index contributed by atoms with van der Waals surface area (Å²) in [6, 6.07) is 7.90. The Morgan fingerprint density at radius 3 is 2.44 bits per heavy atom. The van der Waals surface area contributed by atoms with Gasteiger partial charge in [-0.2, -0.15) is 0 Å². The van der Waals surface area contributed by atoms with Crippen molar-refractivity contribution >= 4 is 29.1 Å². The topological polar surface area (TPSA) is 45.7 Å². The van der Waals surface area contributed by atoms with E-state index >= 15 is 0 Å². The number of halogens is 4. The summed E-state index contributed by atoms with van der Waals surface area (Å²) in [6.45, 7) is 3.67. The van der Waals surface area contributed by atoms with E-state index in [0.717, 1.165) is 11.6 Å². The van der Waals surface area contributed by atoms with Gasteiger partial charge in [0.05, 0.1) is 6.04 Å². The highest BCUT2D eigenvalue weighted by Crippen LogP contribution is 2.25. The molecular weight excluding hydrogens is 369 g/mol. The van der Waals surface area contributed by atoms with Gasteiger partial charge >= 0.3 is 0 Å². The molecule has 134 valence electrons. The maximum atomic E-state index is 13.7. The fourth-order valence-electron chi connectivity index (χ4n) is 2.51. The van der Waals surface area contributed by atoms with Crippen LogP contribution in [0.25, 0.3) is 0 Å². The number of rotatable bonds is 6. The van der Waals surface area contributed by atoms with E-state index in [-0.39, 0.29) is 24.5 Å². The summed E-state index contributed by atoms with van der Waals surface area (Å²) in [7, 11) is 0. The molecule has 7 heteroatoms. The lowest BCUT2D eigenvalue weighted by Crippen LogP contribution is -2.87. The van der Waals surface area contributed by atoms with Gasteiger partial charge in [0.1, 0.15) is 17.7 Å². The Morgan fingerprint density at radius 1 is 1.12 bits per heavy atom. The molecule has 2 atom stereocenters. The van der Waals surface area contributed by atoms with Crippen molar-refractivity contribution < 1.29 is 18.9 Å². The summed E-state index contributed by atoms with van der Waals surface area (Å²) >= 11 is 12.0. The Morgan fingerprint density at radius 2 is 1.80 bits per heavy atom. The minimum Gasteiger partial charge on any atom is -0.345 e. The summed E-state index contributed by atoms with van der Waals surface area (Å²) in [4.78, 5) is 12.1. The van der Waals surface area contributed by atoms with Crippen LogP contribution in [0, 0.1) is 11.6 Å². The molecule has 0 saturated heterocycles. The number of nitrogens with two attached hydrogens (primary N) is 1. The first kappa shape index (κ1) is 19.6. The largest absolute Gasteiger partial charge is 0.345 e. The van der Waals surface area contributed by atoms with Crippen LogP contribution in [0.3, 0.4) is 0 Å². The molecule has 3 nitrogen and oxygen atoms in total. The van der Waals surface area contributed by atoms with E-state index in [1.165, 1.54) is 12.1 Å². The van der Waals surface area contributed by atoms with Gasteiger partial charge in [0.25, 0.3) is 5.91 Å². The first-order chi connectivity index (χ1) is 11.8. The van der Waals surface area contributed by atoms with Gasteiger partial charge in [0.15, 0.2) is 6.54 Å². The molecule has 3 N–H and O–H groups in total.